The van der Waals surface area contributed by atoms with Gasteiger partial charge in [-0.1, -0.05) is 30.3 Å². The summed E-state index contributed by atoms with van der Waals surface area (Å²) in [6, 6.07) is 10.1. The van der Waals surface area contributed by atoms with Crippen LogP contribution in [-0.4, -0.2) is 36.9 Å². The Morgan fingerprint density at radius 1 is 1.33 bits per heavy atom. The first-order valence-corrected chi connectivity index (χ1v) is 7.82. The number of carbonyl (C=O) groups is 1. The first-order chi connectivity index (χ1) is 10.2. The van der Waals surface area contributed by atoms with Crippen molar-refractivity contribution >= 4 is 5.91 Å². The maximum absolute atomic E-state index is 12.0. The number of benzene rings is 1. The predicted molar refractivity (Wildman–Crippen MR) is 79.8 cm³/mol. The molecule has 3 rings (SSSR count). The van der Waals surface area contributed by atoms with Crippen LogP contribution in [0.4, 0.5) is 0 Å². The van der Waals surface area contributed by atoms with Crippen LogP contribution in [0.25, 0.3) is 0 Å². The Bertz CT molecular complexity index is 472. The van der Waals surface area contributed by atoms with E-state index in [4.69, 9.17) is 4.74 Å². The van der Waals surface area contributed by atoms with Gasteiger partial charge in [0.2, 0.25) is 5.91 Å². The van der Waals surface area contributed by atoms with Gasteiger partial charge < -0.3 is 15.2 Å². The van der Waals surface area contributed by atoms with E-state index >= 15 is 0 Å². The van der Waals surface area contributed by atoms with E-state index in [1.807, 2.05) is 18.2 Å². The molecule has 1 aromatic carbocycles. The van der Waals surface area contributed by atoms with Gasteiger partial charge in [0.25, 0.3) is 0 Å². The zero-order chi connectivity index (χ0) is 14.7. The molecule has 0 bridgehead atoms. The van der Waals surface area contributed by atoms with Crippen LogP contribution in [0.15, 0.2) is 30.3 Å². The van der Waals surface area contributed by atoms with Gasteiger partial charge in [0.1, 0.15) is 0 Å². The number of aliphatic hydroxyl groups excluding tert-OH is 1. The maximum Gasteiger partial charge on any atom is 0.223 e. The summed E-state index contributed by atoms with van der Waals surface area (Å²) in [4.78, 5) is 12.0. The molecule has 0 heterocycles. The lowest BCUT2D eigenvalue weighted by molar-refractivity contribution is -0.123. The molecule has 21 heavy (non-hydrogen) atoms. The van der Waals surface area contributed by atoms with E-state index in [-0.39, 0.29) is 18.4 Å². The third-order valence-electron chi connectivity index (χ3n) is 4.23. The lowest BCUT2D eigenvalue weighted by Crippen LogP contribution is -2.35. The third kappa shape index (κ3) is 4.29. The van der Waals surface area contributed by atoms with Crippen molar-refractivity contribution < 1.29 is 14.6 Å². The minimum absolute atomic E-state index is 0.0464. The highest BCUT2D eigenvalue weighted by Gasteiger charge is 2.43. The Morgan fingerprint density at radius 3 is 2.81 bits per heavy atom. The van der Waals surface area contributed by atoms with Gasteiger partial charge in [-0.3, -0.25) is 4.79 Å². The van der Waals surface area contributed by atoms with Crippen LogP contribution < -0.4 is 5.32 Å². The van der Waals surface area contributed by atoms with Crippen LogP contribution in [0.3, 0.4) is 0 Å². The maximum atomic E-state index is 12.0. The summed E-state index contributed by atoms with van der Waals surface area (Å²) in [6.45, 7) is 1.33. The van der Waals surface area contributed by atoms with Crippen molar-refractivity contribution in [2.45, 2.75) is 31.3 Å². The fourth-order valence-electron chi connectivity index (χ4n) is 2.62. The summed E-state index contributed by atoms with van der Waals surface area (Å²) < 4.78 is 5.42. The molecule has 0 radical (unpaired) electrons. The molecule has 3 atom stereocenters. The van der Waals surface area contributed by atoms with Crippen molar-refractivity contribution in [3.05, 3.63) is 35.9 Å². The van der Waals surface area contributed by atoms with Gasteiger partial charge >= 0.3 is 0 Å². The molecule has 1 aromatic rings. The molecule has 0 unspecified atom stereocenters. The standard InChI is InChI=1S/C17H23NO3/c19-14(11-21-10-12-6-7-12)9-18-17(20)16-8-15(16)13-4-2-1-3-5-13/h1-5,12,14-16,19H,6-11H2,(H,18,20)/t14-,15+,16-/m0/s1. The Hall–Kier alpha value is -1.39. The molecule has 2 N–H and O–H groups in total. The molecular weight excluding hydrogens is 266 g/mol. The first kappa shape index (κ1) is 14.5. The van der Waals surface area contributed by atoms with Gasteiger partial charge in [0.15, 0.2) is 0 Å². The van der Waals surface area contributed by atoms with Crippen LogP contribution in [0.2, 0.25) is 0 Å². The number of ether oxygens (including phenoxy) is 1. The van der Waals surface area contributed by atoms with E-state index in [2.05, 4.69) is 17.4 Å². The molecule has 114 valence electrons. The third-order valence-corrected chi connectivity index (χ3v) is 4.23. The van der Waals surface area contributed by atoms with Crippen molar-refractivity contribution in [1.29, 1.82) is 0 Å². The molecule has 2 fully saturated rings. The molecule has 2 aliphatic rings. The van der Waals surface area contributed by atoms with Crippen molar-refractivity contribution in [3.63, 3.8) is 0 Å². The van der Waals surface area contributed by atoms with Gasteiger partial charge in [-0.25, -0.2) is 0 Å². The van der Waals surface area contributed by atoms with Crippen LogP contribution >= 0.6 is 0 Å². The zero-order valence-electron chi connectivity index (χ0n) is 12.2. The van der Waals surface area contributed by atoms with Crippen LogP contribution in [-0.2, 0) is 9.53 Å². The summed E-state index contributed by atoms with van der Waals surface area (Å²) in [5, 5.41) is 12.6. The largest absolute Gasteiger partial charge is 0.389 e. The van der Waals surface area contributed by atoms with E-state index in [9.17, 15) is 9.90 Å². The minimum atomic E-state index is -0.610. The normalized spacial score (nSPS) is 25.4. The lowest BCUT2D eigenvalue weighted by atomic mass is 10.1. The molecule has 2 aliphatic carbocycles. The second kappa shape index (κ2) is 6.58. The average molecular weight is 289 g/mol. The molecular formula is C17H23NO3. The molecule has 0 aliphatic heterocycles. The fourth-order valence-corrected chi connectivity index (χ4v) is 2.62. The Labute approximate surface area is 125 Å². The Morgan fingerprint density at radius 2 is 2.10 bits per heavy atom. The monoisotopic (exact) mass is 289 g/mol. The summed E-state index contributed by atoms with van der Waals surface area (Å²) in [7, 11) is 0. The molecule has 4 heteroatoms. The summed E-state index contributed by atoms with van der Waals surface area (Å²) in [6.07, 6.45) is 2.79. The number of carbonyl (C=O) groups excluding carboxylic acids is 1. The first-order valence-electron chi connectivity index (χ1n) is 7.82. The van der Waals surface area contributed by atoms with Gasteiger partial charge in [0, 0.05) is 19.1 Å². The molecule has 4 nitrogen and oxygen atoms in total. The molecule has 0 saturated heterocycles. The molecule has 0 spiro atoms. The van der Waals surface area contributed by atoms with Crippen LogP contribution in [0, 0.1) is 11.8 Å². The van der Waals surface area contributed by atoms with Crippen LogP contribution in [0.1, 0.15) is 30.7 Å². The van der Waals surface area contributed by atoms with Crippen LogP contribution in [0.5, 0.6) is 0 Å². The van der Waals surface area contributed by atoms with Crippen molar-refractivity contribution in [3.8, 4) is 0 Å². The number of aliphatic hydroxyl groups is 1. The van der Waals surface area contributed by atoms with Gasteiger partial charge in [-0.2, -0.15) is 0 Å². The van der Waals surface area contributed by atoms with Gasteiger partial charge in [-0.05, 0) is 36.7 Å². The summed E-state index contributed by atoms with van der Waals surface area (Å²) in [5.74, 6) is 1.15. The highest BCUT2D eigenvalue weighted by atomic mass is 16.5. The summed E-state index contributed by atoms with van der Waals surface area (Å²) >= 11 is 0. The smallest absolute Gasteiger partial charge is 0.223 e. The number of nitrogens with one attached hydrogen (secondary N) is 1. The lowest BCUT2D eigenvalue weighted by Gasteiger charge is -2.12. The van der Waals surface area contributed by atoms with E-state index in [0.29, 0.717) is 18.4 Å². The number of hydrogen-bond acceptors (Lipinski definition) is 3. The van der Waals surface area contributed by atoms with Gasteiger partial charge in [-0.15, -0.1) is 0 Å². The number of hydrogen-bond donors (Lipinski definition) is 2. The molecule has 1 amide bonds. The van der Waals surface area contributed by atoms with E-state index < -0.39 is 6.10 Å². The second-order valence-electron chi connectivity index (χ2n) is 6.24. The van der Waals surface area contributed by atoms with Crippen molar-refractivity contribution in [1.82, 2.24) is 5.32 Å². The van der Waals surface area contributed by atoms with Crippen molar-refractivity contribution in [2.24, 2.45) is 11.8 Å². The number of rotatable bonds is 8. The van der Waals surface area contributed by atoms with E-state index in [1.165, 1.54) is 18.4 Å². The Balaban J connectivity index is 1.33. The van der Waals surface area contributed by atoms with E-state index in [0.717, 1.165) is 13.0 Å². The van der Waals surface area contributed by atoms with Crippen molar-refractivity contribution in [2.75, 3.05) is 19.8 Å². The molecule has 0 aromatic heterocycles. The van der Waals surface area contributed by atoms with Gasteiger partial charge in [0.05, 0.1) is 12.7 Å². The fraction of sp³-hybridized carbons (Fsp3) is 0.588. The number of amides is 1. The highest BCUT2D eigenvalue weighted by Crippen LogP contribution is 2.47. The zero-order valence-corrected chi connectivity index (χ0v) is 12.2. The summed E-state index contributed by atoms with van der Waals surface area (Å²) in [5.41, 5.74) is 1.23. The second-order valence-corrected chi connectivity index (χ2v) is 6.24. The minimum Gasteiger partial charge on any atom is -0.389 e. The quantitative estimate of drug-likeness (QED) is 0.766. The highest BCUT2D eigenvalue weighted by molar-refractivity contribution is 5.82. The topological polar surface area (TPSA) is 58.6 Å². The SMILES string of the molecule is O=C(NC[C@H](O)COCC1CC1)[C@H]1C[C@@H]1c1ccccc1. The average Bonchev–Trinajstić information content (AvgIpc) is 3.38. The van der Waals surface area contributed by atoms with E-state index in [1.54, 1.807) is 0 Å². The Kier molecular flexibility index (Phi) is 4.56. The molecule has 2 saturated carbocycles. The predicted octanol–water partition coefficient (Wildman–Crippen LogP) is 1.69.